The molecule has 0 amide bonds. The van der Waals surface area contributed by atoms with Crippen LogP contribution in [0.15, 0.2) is 50.9 Å². The molecule has 2 aromatic rings. The molecule has 0 spiro atoms. The SMILES string of the molecule is CC(C)(C)c1ccc(Sc2c(N)cncc2Br)cc1. The van der Waals surface area contributed by atoms with Crippen LogP contribution in [0.3, 0.4) is 0 Å². The van der Waals surface area contributed by atoms with Crippen LogP contribution >= 0.6 is 27.7 Å². The lowest BCUT2D eigenvalue weighted by atomic mass is 9.87. The predicted molar refractivity (Wildman–Crippen MR) is 85.6 cm³/mol. The first-order chi connectivity index (χ1) is 8.88. The molecule has 0 aliphatic carbocycles. The molecular formula is C15H17BrN2S. The Hall–Kier alpha value is -1.00. The van der Waals surface area contributed by atoms with E-state index in [0.717, 1.165) is 9.37 Å². The summed E-state index contributed by atoms with van der Waals surface area (Å²) >= 11 is 5.14. The predicted octanol–water partition coefficient (Wildman–Crippen LogP) is 4.88. The summed E-state index contributed by atoms with van der Waals surface area (Å²) in [7, 11) is 0. The van der Waals surface area contributed by atoms with Gasteiger partial charge in [0.2, 0.25) is 0 Å². The summed E-state index contributed by atoms with van der Waals surface area (Å²) in [6, 6.07) is 8.62. The Labute approximate surface area is 126 Å². The monoisotopic (exact) mass is 336 g/mol. The third kappa shape index (κ3) is 3.51. The van der Waals surface area contributed by atoms with Gasteiger partial charge in [0.15, 0.2) is 0 Å². The number of aromatic nitrogens is 1. The molecule has 0 unspecified atom stereocenters. The fraction of sp³-hybridized carbons (Fsp3) is 0.267. The van der Waals surface area contributed by atoms with Crippen LogP contribution in [0.4, 0.5) is 5.69 Å². The molecule has 0 fully saturated rings. The highest BCUT2D eigenvalue weighted by Crippen LogP contribution is 2.37. The first-order valence-corrected chi connectivity index (χ1v) is 7.66. The topological polar surface area (TPSA) is 38.9 Å². The van der Waals surface area contributed by atoms with Crippen LogP contribution in [0.2, 0.25) is 0 Å². The maximum absolute atomic E-state index is 5.96. The molecule has 0 saturated heterocycles. The van der Waals surface area contributed by atoms with Crippen LogP contribution in [0.25, 0.3) is 0 Å². The first-order valence-electron chi connectivity index (χ1n) is 6.05. The highest BCUT2D eigenvalue weighted by molar-refractivity contribution is 9.10. The zero-order valence-corrected chi connectivity index (χ0v) is 13.7. The number of benzene rings is 1. The van der Waals surface area contributed by atoms with E-state index in [1.807, 2.05) is 0 Å². The molecule has 1 aromatic heterocycles. The Balaban J connectivity index is 2.25. The van der Waals surface area contributed by atoms with Crippen molar-refractivity contribution in [2.24, 2.45) is 0 Å². The molecule has 2 rings (SSSR count). The molecule has 2 nitrogen and oxygen atoms in total. The summed E-state index contributed by atoms with van der Waals surface area (Å²) < 4.78 is 0.928. The molecule has 19 heavy (non-hydrogen) atoms. The minimum atomic E-state index is 0.180. The van der Waals surface area contributed by atoms with Crippen molar-refractivity contribution < 1.29 is 0 Å². The number of halogens is 1. The normalized spacial score (nSPS) is 11.6. The average molecular weight is 337 g/mol. The standard InChI is InChI=1S/C15H17BrN2S/c1-15(2,3)10-4-6-11(7-5-10)19-14-12(16)8-18-9-13(14)17/h4-9H,17H2,1-3H3. The third-order valence-corrected chi connectivity index (χ3v) is 4.85. The Morgan fingerprint density at radius 1 is 1.11 bits per heavy atom. The Morgan fingerprint density at radius 2 is 1.74 bits per heavy atom. The number of hydrogen-bond donors (Lipinski definition) is 1. The Bertz CT molecular complexity index is 553. The van der Waals surface area contributed by atoms with E-state index in [1.54, 1.807) is 24.2 Å². The second-order valence-corrected chi connectivity index (χ2v) is 7.35. The van der Waals surface area contributed by atoms with E-state index in [2.05, 4.69) is 66.0 Å². The molecule has 0 radical (unpaired) electrons. The van der Waals surface area contributed by atoms with Gasteiger partial charge in [0.05, 0.1) is 21.3 Å². The van der Waals surface area contributed by atoms with Crippen molar-refractivity contribution in [2.45, 2.75) is 36.0 Å². The summed E-state index contributed by atoms with van der Waals surface area (Å²) in [6.45, 7) is 6.64. The molecule has 0 bridgehead atoms. The lowest BCUT2D eigenvalue weighted by Gasteiger charge is -2.19. The van der Waals surface area contributed by atoms with Gasteiger partial charge in [-0.15, -0.1) is 0 Å². The minimum absolute atomic E-state index is 0.180. The maximum Gasteiger partial charge on any atom is 0.0653 e. The summed E-state index contributed by atoms with van der Waals surface area (Å²) in [6.07, 6.45) is 3.44. The Morgan fingerprint density at radius 3 is 2.26 bits per heavy atom. The van der Waals surface area contributed by atoms with E-state index in [9.17, 15) is 0 Å². The van der Waals surface area contributed by atoms with Crippen molar-refractivity contribution in [1.29, 1.82) is 0 Å². The van der Waals surface area contributed by atoms with Crippen molar-refractivity contribution in [3.63, 3.8) is 0 Å². The van der Waals surface area contributed by atoms with Crippen LogP contribution in [-0.4, -0.2) is 4.98 Å². The fourth-order valence-corrected chi connectivity index (χ4v) is 3.11. The van der Waals surface area contributed by atoms with E-state index < -0.39 is 0 Å². The first kappa shape index (κ1) is 14.4. The zero-order valence-electron chi connectivity index (χ0n) is 11.3. The highest BCUT2D eigenvalue weighted by Gasteiger charge is 2.13. The van der Waals surface area contributed by atoms with Crippen LogP contribution in [0.5, 0.6) is 0 Å². The van der Waals surface area contributed by atoms with Gasteiger partial charge < -0.3 is 5.73 Å². The van der Waals surface area contributed by atoms with Crippen molar-refractivity contribution in [3.8, 4) is 0 Å². The van der Waals surface area contributed by atoms with Crippen LogP contribution in [-0.2, 0) is 5.41 Å². The van der Waals surface area contributed by atoms with Crippen molar-refractivity contribution in [2.75, 3.05) is 5.73 Å². The molecular weight excluding hydrogens is 320 g/mol. The molecule has 100 valence electrons. The lowest BCUT2D eigenvalue weighted by Crippen LogP contribution is -2.10. The Kier molecular flexibility index (Phi) is 4.21. The molecule has 2 N–H and O–H groups in total. The van der Waals surface area contributed by atoms with Gasteiger partial charge in [-0.2, -0.15) is 0 Å². The van der Waals surface area contributed by atoms with Crippen LogP contribution in [0, 0.1) is 0 Å². The number of hydrogen-bond acceptors (Lipinski definition) is 3. The molecule has 0 aliphatic heterocycles. The van der Waals surface area contributed by atoms with E-state index in [1.165, 1.54) is 10.5 Å². The van der Waals surface area contributed by atoms with Crippen molar-refractivity contribution in [1.82, 2.24) is 4.98 Å². The van der Waals surface area contributed by atoms with Gasteiger partial charge in [-0.25, -0.2) is 0 Å². The highest BCUT2D eigenvalue weighted by atomic mass is 79.9. The number of rotatable bonds is 2. The molecule has 0 atom stereocenters. The second-order valence-electron chi connectivity index (χ2n) is 5.42. The lowest BCUT2D eigenvalue weighted by molar-refractivity contribution is 0.590. The average Bonchev–Trinajstić information content (AvgIpc) is 2.33. The second kappa shape index (κ2) is 5.55. The summed E-state index contributed by atoms with van der Waals surface area (Å²) in [5.41, 5.74) is 8.16. The molecule has 1 heterocycles. The number of nitrogen functional groups attached to an aromatic ring is 1. The van der Waals surface area contributed by atoms with Crippen molar-refractivity contribution >= 4 is 33.4 Å². The maximum atomic E-state index is 5.96. The minimum Gasteiger partial charge on any atom is -0.397 e. The summed E-state index contributed by atoms with van der Waals surface area (Å²) in [4.78, 5) is 6.23. The number of anilines is 1. The van der Waals surface area contributed by atoms with E-state index in [-0.39, 0.29) is 5.41 Å². The number of nitrogens with zero attached hydrogens (tertiary/aromatic N) is 1. The smallest absolute Gasteiger partial charge is 0.0653 e. The van der Waals surface area contributed by atoms with E-state index in [4.69, 9.17) is 5.73 Å². The van der Waals surface area contributed by atoms with E-state index >= 15 is 0 Å². The molecule has 1 aromatic carbocycles. The fourth-order valence-electron chi connectivity index (χ4n) is 1.69. The van der Waals surface area contributed by atoms with Gasteiger partial charge in [0.1, 0.15) is 0 Å². The summed E-state index contributed by atoms with van der Waals surface area (Å²) in [5.74, 6) is 0. The van der Waals surface area contributed by atoms with Gasteiger partial charge in [-0.1, -0.05) is 44.7 Å². The largest absolute Gasteiger partial charge is 0.397 e. The van der Waals surface area contributed by atoms with Crippen LogP contribution in [0.1, 0.15) is 26.3 Å². The van der Waals surface area contributed by atoms with Crippen molar-refractivity contribution in [3.05, 3.63) is 46.7 Å². The number of nitrogens with two attached hydrogens (primary N) is 1. The van der Waals surface area contributed by atoms with Gasteiger partial charge >= 0.3 is 0 Å². The van der Waals surface area contributed by atoms with Gasteiger partial charge in [-0.05, 0) is 39.0 Å². The zero-order chi connectivity index (χ0) is 14.0. The molecule has 0 aliphatic rings. The quantitative estimate of drug-likeness (QED) is 0.849. The third-order valence-electron chi connectivity index (χ3n) is 2.82. The summed E-state index contributed by atoms with van der Waals surface area (Å²) in [5, 5.41) is 0. The van der Waals surface area contributed by atoms with Crippen LogP contribution < -0.4 is 5.73 Å². The van der Waals surface area contributed by atoms with Gasteiger partial charge in [0.25, 0.3) is 0 Å². The van der Waals surface area contributed by atoms with Gasteiger partial charge in [0, 0.05) is 11.1 Å². The molecule has 4 heteroatoms. The van der Waals surface area contributed by atoms with E-state index in [0.29, 0.717) is 5.69 Å². The number of pyridine rings is 1. The molecule has 0 saturated carbocycles. The van der Waals surface area contributed by atoms with Gasteiger partial charge in [-0.3, -0.25) is 4.98 Å².